The third kappa shape index (κ3) is 3.17. The van der Waals surface area contributed by atoms with E-state index in [0.29, 0.717) is 24.3 Å². The van der Waals surface area contributed by atoms with E-state index in [0.717, 1.165) is 42.0 Å². The molecular weight excluding hydrogens is 364 g/mol. The molecule has 2 aromatic carbocycles. The Bertz CT molecular complexity index is 1030. The van der Waals surface area contributed by atoms with Crippen LogP contribution in [0.25, 0.3) is 10.9 Å². The molecule has 1 amide bonds. The molecule has 150 valence electrons. The Morgan fingerprint density at radius 2 is 1.93 bits per heavy atom. The summed E-state index contributed by atoms with van der Waals surface area (Å²) in [5.41, 5.74) is 3.12. The van der Waals surface area contributed by atoms with Crippen LogP contribution >= 0.6 is 0 Å². The lowest BCUT2D eigenvalue weighted by Gasteiger charge is -2.27. The Balaban J connectivity index is 1.31. The van der Waals surface area contributed by atoms with Crippen molar-refractivity contribution in [3.8, 4) is 5.75 Å². The number of methoxy groups -OCH3 is 1. The normalized spacial score (nSPS) is 24.2. The number of aromatic amines is 1. The summed E-state index contributed by atoms with van der Waals surface area (Å²) in [5, 5.41) is 8.41. The number of likely N-dealkylation sites (tertiary alicyclic amines) is 2. The van der Waals surface area contributed by atoms with E-state index in [1.807, 2.05) is 36.4 Å². The van der Waals surface area contributed by atoms with E-state index in [4.69, 9.17) is 4.74 Å². The zero-order valence-electron chi connectivity index (χ0n) is 16.8. The Morgan fingerprint density at radius 3 is 2.72 bits per heavy atom. The van der Waals surface area contributed by atoms with Crippen LogP contribution in [-0.4, -0.2) is 59.7 Å². The van der Waals surface area contributed by atoms with Gasteiger partial charge in [-0.2, -0.15) is 5.10 Å². The number of hydrogen-bond donors (Lipinski definition) is 1. The van der Waals surface area contributed by atoms with Gasteiger partial charge in [0.1, 0.15) is 5.75 Å². The molecule has 2 saturated heterocycles. The van der Waals surface area contributed by atoms with E-state index in [-0.39, 0.29) is 5.91 Å². The van der Waals surface area contributed by atoms with Crippen LogP contribution in [0.3, 0.4) is 0 Å². The van der Waals surface area contributed by atoms with Gasteiger partial charge in [0.05, 0.1) is 24.7 Å². The molecular formula is C23H26N4O2. The van der Waals surface area contributed by atoms with Crippen LogP contribution in [0.4, 0.5) is 0 Å². The zero-order valence-corrected chi connectivity index (χ0v) is 16.8. The van der Waals surface area contributed by atoms with Gasteiger partial charge in [-0.05, 0) is 36.7 Å². The highest BCUT2D eigenvalue weighted by atomic mass is 16.5. The van der Waals surface area contributed by atoms with Crippen molar-refractivity contribution < 1.29 is 9.53 Å². The molecule has 6 heteroatoms. The van der Waals surface area contributed by atoms with Gasteiger partial charge in [0, 0.05) is 37.0 Å². The second-order valence-corrected chi connectivity index (χ2v) is 8.28. The van der Waals surface area contributed by atoms with Gasteiger partial charge in [-0.25, -0.2) is 0 Å². The van der Waals surface area contributed by atoms with E-state index in [1.165, 1.54) is 5.56 Å². The van der Waals surface area contributed by atoms with Crippen molar-refractivity contribution >= 4 is 16.8 Å². The number of H-pyrrole nitrogens is 1. The second kappa shape index (κ2) is 7.19. The first-order chi connectivity index (χ1) is 14.1. The van der Waals surface area contributed by atoms with Crippen molar-refractivity contribution in [2.45, 2.75) is 12.5 Å². The van der Waals surface area contributed by atoms with Crippen LogP contribution in [0.1, 0.15) is 17.3 Å². The molecule has 5 rings (SSSR count). The number of carbonyl (C=O) groups excluding carboxylic acids is 1. The number of nitrogens with one attached hydrogen (secondary N) is 1. The molecule has 0 saturated carbocycles. The predicted molar refractivity (Wildman–Crippen MR) is 112 cm³/mol. The van der Waals surface area contributed by atoms with Crippen LogP contribution in [0.2, 0.25) is 0 Å². The van der Waals surface area contributed by atoms with Crippen molar-refractivity contribution in [2.75, 3.05) is 33.8 Å². The molecule has 0 unspecified atom stereocenters. The number of amides is 1. The molecule has 0 bridgehead atoms. The first-order valence-electron chi connectivity index (χ1n) is 10.2. The Morgan fingerprint density at radius 1 is 1.14 bits per heavy atom. The van der Waals surface area contributed by atoms with Gasteiger partial charge in [-0.15, -0.1) is 0 Å². The van der Waals surface area contributed by atoms with Crippen molar-refractivity contribution in [2.24, 2.45) is 11.8 Å². The highest BCUT2D eigenvalue weighted by molar-refractivity contribution is 5.87. The quantitative estimate of drug-likeness (QED) is 0.744. The standard InChI is InChI=1S/C23H26N4O2/c1-26-12-16-13-27(14-19(16)23(26)15-7-9-17(29-2)10-8-15)22(28)11-21-18-5-3-4-6-20(18)24-25-21/h3-10,16,19,23H,11-14H2,1-2H3,(H,24,25)/t16-,19+,23-/m0/s1. The van der Waals surface area contributed by atoms with Gasteiger partial charge in [0.25, 0.3) is 0 Å². The number of para-hydroxylation sites is 1. The summed E-state index contributed by atoms with van der Waals surface area (Å²) >= 11 is 0. The number of hydrogen-bond acceptors (Lipinski definition) is 4. The molecule has 2 fully saturated rings. The maximum Gasteiger partial charge on any atom is 0.228 e. The lowest BCUT2D eigenvalue weighted by atomic mass is 9.89. The Labute approximate surface area is 170 Å². The van der Waals surface area contributed by atoms with E-state index < -0.39 is 0 Å². The maximum absolute atomic E-state index is 13.0. The topological polar surface area (TPSA) is 61.5 Å². The number of nitrogens with zero attached hydrogens (tertiary/aromatic N) is 3. The van der Waals surface area contributed by atoms with E-state index in [2.05, 4.69) is 39.2 Å². The number of aromatic nitrogens is 2. The molecule has 0 aliphatic carbocycles. The number of benzene rings is 2. The van der Waals surface area contributed by atoms with Crippen LogP contribution < -0.4 is 4.74 Å². The number of fused-ring (bicyclic) bond motifs is 2. The highest BCUT2D eigenvalue weighted by Crippen LogP contribution is 2.44. The third-order valence-corrected chi connectivity index (χ3v) is 6.57. The summed E-state index contributed by atoms with van der Waals surface area (Å²) in [6, 6.07) is 16.7. The number of carbonyl (C=O) groups is 1. The van der Waals surface area contributed by atoms with Crippen molar-refractivity contribution in [3.63, 3.8) is 0 Å². The summed E-state index contributed by atoms with van der Waals surface area (Å²) in [6.45, 7) is 2.68. The van der Waals surface area contributed by atoms with E-state index >= 15 is 0 Å². The van der Waals surface area contributed by atoms with E-state index in [9.17, 15) is 4.79 Å². The number of rotatable bonds is 4. The smallest absolute Gasteiger partial charge is 0.228 e. The summed E-state index contributed by atoms with van der Waals surface area (Å²) < 4.78 is 5.30. The van der Waals surface area contributed by atoms with Crippen molar-refractivity contribution in [1.82, 2.24) is 20.0 Å². The van der Waals surface area contributed by atoms with Gasteiger partial charge in [-0.3, -0.25) is 14.8 Å². The van der Waals surface area contributed by atoms with E-state index in [1.54, 1.807) is 7.11 Å². The molecule has 3 atom stereocenters. The van der Waals surface area contributed by atoms with Crippen LogP contribution in [0.15, 0.2) is 48.5 Å². The first-order valence-corrected chi connectivity index (χ1v) is 10.2. The molecule has 3 aromatic rings. The first kappa shape index (κ1) is 18.2. The van der Waals surface area contributed by atoms with Crippen LogP contribution in [-0.2, 0) is 11.2 Å². The predicted octanol–water partition coefficient (Wildman–Crippen LogP) is 2.88. The molecule has 2 aliphatic rings. The van der Waals surface area contributed by atoms with Gasteiger partial charge in [-0.1, -0.05) is 30.3 Å². The largest absolute Gasteiger partial charge is 0.497 e. The van der Waals surface area contributed by atoms with Crippen molar-refractivity contribution in [1.29, 1.82) is 0 Å². The fraction of sp³-hybridized carbons (Fsp3) is 0.391. The summed E-state index contributed by atoms with van der Waals surface area (Å²) in [4.78, 5) is 17.5. The minimum absolute atomic E-state index is 0.185. The van der Waals surface area contributed by atoms with Crippen LogP contribution in [0.5, 0.6) is 5.75 Å². The molecule has 0 radical (unpaired) electrons. The molecule has 2 aliphatic heterocycles. The molecule has 6 nitrogen and oxygen atoms in total. The average Bonchev–Trinajstić information content (AvgIpc) is 3.41. The Kier molecular flexibility index (Phi) is 4.51. The van der Waals surface area contributed by atoms with Gasteiger partial charge in [0.15, 0.2) is 0 Å². The van der Waals surface area contributed by atoms with Gasteiger partial charge < -0.3 is 9.64 Å². The lowest BCUT2D eigenvalue weighted by molar-refractivity contribution is -0.129. The zero-order chi connectivity index (χ0) is 20.0. The van der Waals surface area contributed by atoms with Gasteiger partial charge >= 0.3 is 0 Å². The molecule has 0 spiro atoms. The lowest BCUT2D eigenvalue weighted by Crippen LogP contribution is -2.34. The summed E-state index contributed by atoms with van der Waals surface area (Å²) in [7, 11) is 3.88. The minimum atomic E-state index is 0.185. The molecule has 1 N–H and O–H groups in total. The molecule has 29 heavy (non-hydrogen) atoms. The molecule has 3 heterocycles. The highest BCUT2D eigenvalue weighted by Gasteiger charge is 2.47. The van der Waals surface area contributed by atoms with Crippen LogP contribution in [0, 0.1) is 11.8 Å². The minimum Gasteiger partial charge on any atom is -0.497 e. The Hall–Kier alpha value is -2.86. The summed E-state index contributed by atoms with van der Waals surface area (Å²) in [5.74, 6) is 2.05. The fourth-order valence-corrected chi connectivity index (χ4v) is 5.18. The average molecular weight is 390 g/mol. The maximum atomic E-state index is 13.0. The SMILES string of the molecule is COc1ccc([C@H]2[C@@H]3CN(C(=O)Cc4[nH]nc5ccccc45)C[C@@H]3CN2C)cc1. The number of ether oxygens (including phenoxy) is 1. The second-order valence-electron chi connectivity index (χ2n) is 8.28. The fourth-order valence-electron chi connectivity index (χ4n) is 5.18. The van der Waals surface area contributed by atoms with Crippen molar-refractivity contribution in [3.05, 3.63) is 59.8 Å². The van der Waals surface area contributed by atoms with Gasteiger partial charge in [0.2, 0.25) is 5.91 Å². The third-order valence-electron chi connectivity index (χ3n) is 6.57. The molecule has 1 aromatic heterocycles. The summed E-state index contributed by atoms with van der Waals surface area (Å²) in [6.07, 6.45) is 0.378. The monoisotopic (exact) mass is 390 g/mol.